The van der Waals surface area contributed by atoms with Gasteiger partial charge in [-0.3, -0.25) is 0 Å². The van der Waals surface area contributed by atoms with E-state index < -0.39 is 5.60 Å². The minimum atomic E-state index is -0.757. The highest BCUT2D eigenvalue weighted by molar-refractivity contribution is 7.19. The van der Waals surface area contributed by atoms with E-state index in [4.69, 9.17) is 0 Å². The summed E-state index contributed by atoms with van der Waals surface area (Å²) in [6, 6.07) is 8.25. The molecule has 1 heterocycles. The third-order valence-corrected chi connectivity index (χ3v) is 3.36. The maximum atomic E-state index is 10.0. The van der Waals surface area contributed by atoms with Crippen LogP contribution in [-0.2, 0) is 5.60 Å². The van der Waals surface area contributed by atoms with Crippen molar-refractivity contribution in [2.24, 2.45) is 0 Å². The number of thiophene rings is 1. The van der Waals surface area contributed by atoms with Gasteiger partial charge in [-0.05, 0) is 43.9 Å². The predicted molar refractivity (Wildman–Crippen MR) is 61.8 cm³/mol. The number of hydrogen-bond acceptors (Lipinski definition) is 2. The van der Waals surface area contributed by atoms with Crippen molar-refractivity contribution in [2.75, 3.05) is 0 Å². The minimum Gasteiger partial charge on any atom is -0.386 e. The summed E-state index contributed by atoms with van der Waals surface area (Å²) in [6.07, 6.45) is 0. The van der Waals surface area contributed by atoms with Crippen LogP contribution in [0.3, 0.4) is 0 Å². The summed E-state index contributed by atoms with van der Waals surface area (Å²) >= 11 is 1.77. The largest absolute Gasteiger partial charge is 0.386 e. The summed E-state index contributed by atoms with van der Waals surface area (Å²) in [5.74, 6) is 0. The minimum absolute atomic E-state index is 0.757. The average Bonchev–Trinajstić information content (AvgIpc) is 2.41. The van der Waals surface area contributed by atoms with E-state index in [1.54, 1.807) is 11.3 Å². The molecule has 0 spiro atoms. The van der Waals surface area contributed by atoms with Crippen molar-refractivity contribution < 1.29 is 5.11 Å². The van der Waals surface area contributed by atoms with Crippen molar-refractivity contribution in [1.82, 2.24) is 0 Å². The zero-order valence-electron chi connectivity index (χ0n) is 8.66. The Labute approximate surface area is 88.0 Å². The molecule has 0 saturated carbocycles. The highest BCUT2D eigenvalue weighted by Gasteiger charge is 2.19. The molecular formula is C12H14OS. The second kappa shape index (κ2) is 3.07. The fourth-order valence-corrected chi connectivity index (χ4v) is 2.67. The number of benzene rings is 1. The molecule has 1 aromatic heterocycles. The summed E-state index contributed by atoms with van der Waals surface area (Å²) in [7, 11) is 0. The van der Waals surface area contributed by atoms with Gasteiger partial charge in [0.05, 0.1) is 5.60 Å². The lowest BCUT2D eigenvalue weighted by Gasteiger charge is -2.18. The van der Waals surface area contributed by atoms with Crippen LogP contribution in [0, 0.1) is 6.92 Å². The van der Waals surface area contributed by atoms with E-state index in [1.807, 2.05) is 26.0 Å². The molecule has 0 fully saturated rings. The van der Waals surface area contributed by atoms with Crippen LogP contribution in [0.4, 0.5) is 0 Å². The first kappa shape index (κ1) is 9.69. The smallest absolute Gasteiger partial charge is 0.0846 e. The third-order valence-electron chi connectivity index (χ3n) is 2.34. The Kier molecular flexibility index (Phi) is 2.13. The van der Waals surface area contributed by atoms with E-state index in [0.717, 1.165) is 5.56 Å². The highest BCUT2D eigenvalue weighted by Crippen LogP contribution is 2.33. The predicted octanol–water partition coefficient (Wildman–Crippen LogP) is 3.44. The van der Waals surface area contributed by atoms with Gasteiger partial charge in [0, 0.05) is 9.58 Å². The van der Waals surface area contributed by atoms with Crippen LogP contribution in [-0.4, -0.2) is 5.11 Å². The maximum absolute atomic E-state index is 10.0. The topological polar surface area (TPSA) is 20.2 Å². The monoisotopic (exact) mass is 206 g/mol. The van der Waals surface area contributed by atoms with Gasteiger partial charge in [0.2, 0.25) is 0 Å². The zero-order valence-corrected chi connectivity index (χ0v) is 9.48. The summed E-state index contributed by atoms with van der Waals surface area (Å²) in [6.45, 7) is 5.75. The highest BCUT2D eigenvalue weighted by atomic mass is 32.1. The van der Waals surface area contributed by atoms with Crippen molar-refractivity contribution in [3.05, 3.63) is 34.7 Å². The van der Waals surface area contributed by atoms with Gasteiger partial charge in [-0.15, -0.1) is 11.3 Å². The molecule has 0 saturated heterocycles. The molecule has 0 atom stereocenters. The second-order valence-corrected chi connectivity index (χ2v) is 5.42. The van der Waals surface area contributed by atoms with Gasteiger partial charge in [0.15, 0.2) is 0 Å². The average molecular weight is 206 g/mol. The first-order valence-corrected chi connectivity index (χ1v) is 5.52. The summed E-state index contributed by atoms with van der Waals surface area (Å²) in [5, 5.41) is 11.2. The lowest BCUT2D eigenvalue weighted by Crippen LogP contribution is -2.15. The van der Waals surface area contributed by atoms with Gasteiger partial charge in [0.1, 0.15) is 0 Å². The van der Waals surface area contributed by atoms with Crippen LogP contribution in [0.25, 0.3) is 10.1 Å². The molecule has 2 rings (SSSR count). The van der Waals surface area contributed by atoms with Gasteiger partial charge >= 0.3 is 0 Å². The molecule has 0 amide bonds. The lowest BCUT2D eigenvalue weighted by atomic mass is 9.95. The first-order chi connectivity index (χ1) is 6.48. The number of hydrogen-bond donors (Lipinski definition) is 1. The molecule has 14 heavy (non-hydrogen) atoms. The zero-order chi connectivity index (χ0) is 10.3. The molecule has 0 bridgehead atoms. The molecule has 0 unspecified atom stereocenters. The van der Waals surface area contributed by atoms with Crippen molar-refractivity contribution in [3.8, 4) is 0 Å². The van der Waals surface area contributed by atoms with E-state index in [-0.39, 0.29) is 0 Å². The normalized spacial score (nSPS) is 12.3. The van der Waals surface area contributed by atoms with Crippen molar-refractivity contribution in [2.45, 2.75) is 26.4 Å². The van der Waals surface area contributed by atoms with Gasteiger partial charge in [-0.2, -0.15) is 0 Å². The molecule has 1 aromatic carbocycles. The van der Waals surface area contributed by atoms with Crippen LogP contribution in [0.1, 0.15) is 24.3 Å². The Morgan fingerprint density at radius 1 is 1.29 bits per heavy atom. The van der Waals surface area contributed by atoms with Gasteiger partial charge in [-0.1, -0.05) is 12.1 Å². The molecule has 0 aliphatic rings. The van der Waals surface area contributed by atoms with Gasteiger partial charge < -0.3 is 5.11 Å². The molecule has 0 aliphatic carbocycles. The Balaban J connectivity index is 2.77. The molecule has 2 aromatic rings. The summed E-state index contributed by atoms with van der Waals surface area (Å²) in [5.41, 5.74) is 0.256. The first-order valence-electron chi connectivity index (χ1n) is 4.70. The Morgan fingerprint density at radius 3 is 2.64 bits per heavy atom. The van der Waals surface area contributed by atoms with E-state index in [1.165, 1.54) is 15.0 Å². The molecule has 0 radical (unpaired) electrons. The van der Waals surface area contributed by atoms with Crippen LogP contribution < -0.4 is 0 Å². The number of fused-ring (bicyclic) bond motifs is 1. The number of aliphatic hydroxyl groups is 1. The number of aryl methyl sites for hydroxylation is 1. The van der Waals surface area contributed by atoms with E-state index in [0.29, 0.717) is 0 Å². The van der Waals surface area contributed by atoms with Crippen LogP contribution >= 0.6 is 11.3 Å². The van der Waals surface area contributed by atoms with Gasteiger partial charge in [-0.25, -0.2) is 0 Å². The quantitative estimate of drug-likeness (QED) is 0.757. The standard InChI is InChI=1S/C12H14OS/c1-8-7-9-10(12(2,3)13)5-4-6-11(9)14-8/h4-7,13H,1-3H3. The van der Waals surface area contributed by atoms with Crippen LogP contribution in [0.5, 0.6) is 0 Å². The summed E-state index contributed by atoms with van der Waals surface area (Å²) in [4.78, 5) is 1.29. The number of rotatable bonds is 1. The van der Waals surface area contributed by atoms with Crippen molar-refractivity contribution >= 4 is 21.4 Å². The fourth-order valence-electron chi connectivity index (χ4n) is 1.72. The fraction of sp³-hybridized carbons (Fsp3) is 0.333. The van der Waals surface area contributed by atoms with Crippen molar-refractivity contribution in [1.29, 1.82) is 0 Å². The molecule has 1 nitrogen and oxygen atoms in total. The van der Waals surface area contributed by atoms with Crippen LogP contribution in [0.15, 0.2) is 24.3 Å². The Morgan fingerprint density at radius 2 is 2.00 bits per heavy atom. The van der Waals surface area contributed by atoms with E-state index >= 15 is 0 Å². The molecule has 1 N–H and O–H groups in total. The lowest BCUT2D eigenvalue weighted by molar-refractivity contribution is 0.0802. The van der Waals surface area contributed by atoms with Gasteiger partial charge in [0.25, 0.3) is 0 Å². The van der Waals surface area contributed by atoms with E-state index in [2.05, 4.69) is 19.1 Å². The second-order valence-electron chi connectivity index (χ2n) is 4.13. The Hall–Kier alpha value is -0.860. The third kappa shape index (κ3) is 1.56. The van der Waals surface area contributed by atoms with Crippen molar-refractivity contribution in [3.63, 3.8) is 0 Å². The molecule has 2 heteroatoms. The molecular weight excluding hydrogens is 192 g/mol. The molecule has 0 aliphatic heterocycles. The summed E-state index contributed by atoms with van der Waals surface area (Å²) < 4.78 is 1.25. The van der Waals surface area contributed by atoms with E-state index in [9.17, 15) is 5.11 Å². The molecule has 74 valence electrons. The SMILES string of the molecule is Cc1cc2c(C(C)(C)O)cccc2s1. The Bertz CT molecular complexity index is 463. The van der Waals surface area contributed by atoms with Crippen LogP contribution in [0.2, 0.25) is 0 Å². The maximum Gasteiger partial charge on any atom is 0.0846 e.